The van der Waals surface area contributed by atoms with Crippen LogP contribution in [0.3, 0.4) is 0 Å². The normalized spacial score (nSPS) is 27.8. The lowest BCUT2D eigenvalue weighted by Crippen LogP contribution is -2.34. The molecule has 1 aliphatic rings. The third-order valence-electron chi connectivity index (χ3n) is 1.96. The fraction of sp³-hybridized carbons (Fsp3) is 0.444. The molecule has 0 bridgehead atoms. The van der Waals surface area contributed by atoms with Crippen molar-refractivity contribution in [2.24, 2.45) is 0 Å². The average Bonchev–Trinajstić information content (AvgIpc) is 2.04. The zero-order chi connectivity index (χ0) is 8.39. The monoisotopic (exact) mass is 227 g/mol. The molecular weight excluding hydrogens is 218 g/mol. The van der Waals surface area contributed by atoms with E-state index >= 15 is 0 Å². The lowest BCUT2D eigenvalue weighted by molar-refractivity contribution is 0.122. The van der Waals surface area contributed by atoms with Crippen molar-refractivity contribution in [1.29, 1.82) is 0 Å². The van der Waals surface area contributed by atoms with E-state index in [9.17, 15) is 0 Å². The number of aromatic nitrogens is 1. The van der Waals surface area contributed by atoms with Crippen molar-refractivity contribution in [1.82, 2.24) is 4.98 Å². The average molecular weight is 228 g/mol. The van der Waals surface area contributed by atoms with Gasteiger partial charge in [0.05, 0.1) is 0 Å². The highest BCUT2D eigenvalue weighted by molar-refractivity contribution is 9.09. The summed E-state index contributed by atoms with van der Waals surface area (Å²) < 4.78 is 5.58. The van der Waals surface area contributed by atoms with Crippen LogP contribution in [-0.2, 0) is 0 Å². The molecule has 0 spiro atoms. The molecule has 1 fully saturated rings. The van der Waals surface area contributed by atoms with Crippen LogP contribution in [0.15, 0.2) is 24.4 Å². The summed E-state index contributed by atoms with van der Waals surface area (Å²) in [6.07, 6.45) is 4.30. The first kappa shape index (κ1) is 8.05. The molecule has 3 heteroatoms. The number of rotatable bonds is 2. The van der Waals surface area contributed by atoms with Crippen LogP contribution in [0.1, 0.15) is 12.8 Å². The molecule has 1 aliphatic carbocycles. The van der Waals surface area contributed by atoms with Gasteiger partial charge in [-0.3, -0.25) is 0 Å². The standard InChI is InChI=1S/C9H10BrNO/c10-7-5-8(6-7)12-9-3-1-2-4-11-9/h1-4,7-8H,5-6H2. The summed E-state index contributed by atoms with van der Waals surface area (Å²) in [6.45, 7) is 0. The van der Waals surface area contributed by atoms with Gasteiger partial charge in [-0.15, -0.1) is 0 Å². The third-order valence-corrected chi connectivity index (χ3v) is 2.71. The topological polar surface area (TPSA) is 22.1 Å². The summed E-state index contributed by atoms with van der Waals surface area (Å²) in [7, 11) is 0. The molecular formula is C9H10BrNO. The van der Waals surface area contributed by atoms with Gasteiger partial charge in [0.2, 0.25) is 5.88 Å². The van der Waals surface area contributed by atoms with Gasteiger partial charge in [0, 0.05) is 17.1 Å². The summed E-state index contributed by atoms with van der Waals surface area (Å²) in [5.74, 6) is 0.738. The van der Waals surface area contributed by atoms with Gasteiger partial charge < -0.3 is 4.74 Å². The quantitative estimate of drug-likeness (QED) is 0.725. The Kier molecular flexibility index (Phi) is 2.30. The largest absolute Gasteiger partial charge is 0.474 e. The van der Waals surface area contributed by atoms with Crippen molar-refractivity contribution in [3.05, 3.63) is 24.4 Å². The van der Waals surface area contributed by atoms with E-state index < -0.39 is 0 Å². The van der Waals surface area contributed by atoms with Crippen LogP contribution in [0.4, 0.5) is 0 Å². The molecule has 1 aromatic heterocycles. The molecule has 0 aliphatic heterocycles. The Bertz CT molecular complexity index is 246. The minimum Gasteiger partial charge on any atom is -0.474 e. The molecule has 64 valence electrons. The van der Waals surface area contributed by atoms with Crippen LogP contribution >= 0.6 is 15.9 Å². The summed E-state index contributed by atoms with van der Waals surface area (Å²) in [4.78, 5) is 4.73. The first-order valence-corrected chi connectivity index (χ1v) is 4.98. The predicted molar refractivity (Wildman–Crippen MR) is 50.6 cm³/mol. The van der Waals surface area contributed by atoms with Gasteiger partial charge in [-0.05, 0) is 18.9 Å². The lowest BCUT2D eigenvalue weighted by Gasteiger charge is -2.30. The summed E-state index contributed by atoms with van der Waals surface area (Å²) in [6, 6.07) is 5.72. The number of pyridine rings is 1. The van der Waals surface area contributed by atoms with Crippen LogP contribution in [0.2, 0.25) is 0 Å². The van der Waals surface area contributed by atoms with Gasteiger partial charge in [0.25, 0.3) is 0 Å². The molecule has 1 aromatic rings. The Morgan fingerprint density at radius 1 is 1.42 bits per heavy atom. The number of ether oxygens (including phenoxy) is 1. The molecule has 0 radical (unpaired) electrons. The first-order chi connectivity index (χ1) is 5.84. The van der Waals surface area contributed by atoms with Gasteiger partial charge in [0.1, 0.15) is 6.10 Å². The fourth-order valence-electron chi connectivity index (χ4n) is 1.19. The van der Waals surface area contributed by atoms with Crippen LogP contribution in [0.25, 0.3) is 0 Å². The second-order valence-electron chi connectivity index (χ2n) is 2.98. The van der Waals surface area contributed by atoms with E-state index in [0.717, 1.165) is 18.7 Å². The second-order valence-corrected chi connectivity index (χ2v) is 4.27. The van der Waals surface area contributed by atoms with Gasteiger partial charge in [-0.25, -0.2) is 4.98 Å². The van der Waals surface area contributed by atoms with Crippen molar-refractivity contribution < 1.29 is 4.74 Å². The maximum Gasteiger partial charge on any atom is 0.213 e. The highest BCUT2D eigenvalue weighted by Gasteiger charge is 2.28. The number of halogens is 1. The SMILES string of the molecule is BrC1CC(Oc2ccccn2)C1. The minimum absolute atomic E-state index is 0.365. The predicted octanol–water partition coefficient (Wildman–Crippen LogP) is 2.39. The number of hydrogen-bond donors (Lipinski definition) is 0. The zero-order valence-electron chi connectivity index (χ0n) is 6.61. The van der Waals surface area contributed by atoms with E-state index in [1.165, 1.54) is 0 Å². The van der Waals surface area contributed by atoms with Crippen molar-refractivity contribution in [2.45, 2.75) is 23.8 Å². The number of hydrogen-bond acceptors (Lipinski definition) is 2. The van der Waals surface area contributed by atoms with E-state index in [0.29, 0.717) is 10.9 Å². The van der Waals surface area contributed by atoms with Crippen LogP contribution in [-0.4, -0.2) is 15.9 Å². The molecule has 0 aromatic carbocycles. The van der Waals surface area contributed by atoms with Crippen LogP contribution in [0.5, 0.6) is 5.88 Å². The minimum atomic E-state index is 0.365. The Morgan fingerprint density at radius 2 is 2.25 bits per heavy atom. The van der Waals surface area contributed by atoms with E-state index in [1.54, 1.807) is 6.20 Å². The summed E-state index contributed by atoms with van der Waals surface area (Å²) >= 11 is 3.51. The van der Waals surface area contributed by atoms with Gasteiger partial charge >= 0.3 is 0 Å². The van der Waals surface area contributed by atoms with E-state index in [4.69, 9.17) is 4.74 Å². The highest BCUT2D eigenvalue weighted by Crippen LogP contribution is 2.30. The highest BCUT2D eigenvalue weighted by atomic mass is 79.9. The molecule has 2 nitrogen and oxygen atoms in total. The van der Waals surface area contributed by atoms with Gasteiger partial charge in [-0.1, -0.05) is 22.0 Å². The molecule has 2 rings (SSSR count). The second kappa shape index (κ2) is 3.44. The van der Waals surface area contributed by atoms with Crippen molar-refractivity contribution >= 4 is 15.9 Å². The molecule has 0 saturated heterocycles. The zero-order valence-corrected chi connectivity index (χ0v) is 8.20. The number of alkyl halides is 1. The molecule has 1 saturated carbocycles. The van der Waals surface area contributed by atoms with Crippen LogP contribution < -0.4 is 4.74 Å². The van der Waals surface area contributed by atoms with Crippen molar-refractivity contribution in [3.63, 3.8) is 0 Å². The van der Waals surface area contributed by atoms with E-state index in [1.807, 2.05) is 18.2 Å². The smallest absolute Gasteiger partial charge is 0.213 e. The van der Waals surface area contributed by atoms with E-state index in [-0.39, 0.29) is 0 Å². The van der Waals surface area contributed by atoms with Crippen molar-refractivity contribution in [2.75, 3.05) is 0 Å². The Labute approximate surface area is 80.1 Å². The third kappa shape index (κ3) is 1.78. The van der Waals surface area contributed by atoms with Crippen molar-refractivity contribution in [3.8, 4) is 5.88 Å². The molecule has 12 heavy (non-hydrogen) atoms. The molecule has 1 heterocycles. The van der Waals surface area contributed by atoms with E-state index in [2.05, 4.69) is 20.9 Å². The van der Waals surface area contributed by atoms with Gasteiger partial charge in [-0.2, -0.15) is 0 Å². The first-order valence-electron chi connectivity index (χ1n) is 4.06. The van der Waals surface area contributed by atoms with Gasteiger partial charge in [0.15, 0.2) is 0 Å². The Balaban J connectivity index is 1.88. The maximum atomic E-state index is 5.58. The number of nitrogens with zero attached hydrogens (tertiary/aromatic N) is 1. The molecule has 0 N–H and O–H groups in total. The summed E-state index contributed by atoms with van der Waals surface area (Å²) in [5.41, 5.74) is 0. The Morgan fingerprint density at radius 3 is 2.83 bits per heavy atom. The Hall–Kier alpha value is -0.570. The summed E-state index contributed by atoms with van der Waals surface area (Å²) in [5, 5.41) is 0. The molecule has 0 amide bonds. The maximum absolute atomic E-state index is 5.58. The molecule has 0 atom stereocenters. The fourth-order valence-corrected chi connectivity index (χ4v) is 2.02. The van der Waals surface area contributed by atoms with Crippen LogP contribution in [0, 0.1) is 0 Å². The molecule has 0 unspecified atom stereocenters. The lowest BCUT2D eigenvalue weighted by atomic mass is 9.96.